The summed E-state index contributed by atoms with van der Waals surface area (Å²) in [6.07, 6.45) is 0. The van der Waals surface area contributed by atoms with Gasteiger partial charge in [-0.2, -0.15) is 0 Å². The van der Waals surface area contributed by atoms with Gasteiger partial charge in [-0.15, -0.1) is 5.10 Å². The highest BCUT2D eigenvalue weighted by Crippen LogP contribution is 2.36. The highest BCUT2D eigenvalue weighted by Gasteiger charge is 2.25. The molecule has 160 valence electrons. The molecule has 0 aliphatic heterocycles. The van der Waals surface area contributed by atoms with Crippen LogP contribution in [0.2, 0.25) is 5.02 Å². The number of thioether (sulfide) groups is 1. The van der Waals surface area contributed by atoms with E-state index in [9.17, 15) is 14.9 Å². The molecule has 1 amide bonds. The van der Waals surface area contributed by atoms with Crippen LogP contribution >= 0.6 is 23.4 Å². The summed E-state index contributed by atoms with van der Waals surface area (Å²) < 4.78 is 0. The van der Waals surface area contributed by atoms with Crippen LogP contribution in [0.4, 0.5) is 11.4 Å². The van der Waals surface area contributed by atoms with Crippen LogP contribution < -0.4 is 5.32 Å². The van der Waals surface area contributed by atoms with Crippen molar-refractivity contribution in [2.75, 3.05) is 5.32 Å². The van der Waals surface area contributed by atoms with Gasteiger partial charge >= 0.3 is 0 Å². The molecule has 0 bridgehead atoms. The molecule has 0 aliphatic carbocycles. The van der Waals surface area contributed by atoms with Crippen molar-refractivity contribution >= 4 is 40.6 Å². The monoisotopic (exact) mass is 465 g/mol. The number of nitro groups is 1. The quantitative estimate of drug-likeness (QED) is 0.211. The van der Waals surface area contributed by atoms with Crippen molar-refractivity contribution in [3.05, 3.63) is 99.6 Å². The van der Waals surface area contributed by atoms with E-state index in [4.69, 9.17) is 11.6 Å². The lowest BCUT2D eigenvalue weighted by Gasteiger charge is -2.15. The van der Waals surface area contributed by atoms with Gasteiger partial charge in [-0.25, -0.2) is 4.98 Å². The number of aromatic amines is 1. The fourth-order valence-corrected chi connectivity index (χ4v) is 4.07. The summed E-state index contributed by atoms with van der Waals surface area (Å²) in [4.78, 5) is 28.2. The fraction of sp³-hybridized carbons (Fsp3) is 0.0455. The average Bonchev–Trinajstić information content (AvgIpc) is 3.28. The fourth-order valence-electron chi connectivity index (χ4n) is 2.97. The molecule has 1 aromatic heterocycles. The first-order chi connectivity index (χ1) is 15.5. The predicted octanol–water partition coefficient (Wildman–Crippen LogP) is 5.51. The minimum absolute atomic E-state index is 0.00357. The third-order valence-corrected chi connectivity index (χ3v) is 5.92. The minimum Gasteiger partial charge on any atom is -0.325 e. The van der Waals surface area contributed by atoms with Crippen molar-refractivity contribution in [1.29, 1.82) is 0 Å². The van der Waals surface area contributed by atoms with Crippen LogP contribution in [-0.2, 0) is 4.79 Å². The van der Waals surface area contributed by atoms with E-state index in [1.165, 1.54) is 30.0 Å². The Bertz CT molecular complexity index is 1250. The Labute approximate surface area is 192 Å². The van der Waals surface area contributed by atoms with E-state index < -0.39 is 10.2 Å². The summed E-state index contributed by atoms with van der Waals surface area (Å²) in [7, 11) is 0. The number of H-pyrrole nitrogens is 1. The Hall–Kier alpha value is -3.69. The molecule has 4 aromatic rings. The molecular formula is C22H16ClN5O3S. The van der Waals surface area contributed by atoms with Crippen molar-refractivity contribution in [2.45, 2.75) is 10.4 Å². The molecule has 1 atom stereocenters. The number of hydrogen-bond acceptors (Lipinski definition) is 6. The third kappa shape index (κ3) is 4.96. The normalized spacial score (nSPS) is 11.7. The van der Waals surface area contributed by atoms with Crippen molar-refractivity contribution in [2.24, 2.45) is 0 Å². The lowest BCUT2D eigenvalue weighted by molar-refractivity contribution is -0.384. The molecule has 0 fully saturated rings. The number of benzene rings is 3. The van der Waals surface area contributed by atoms with Crippen LogP contribution in [0.15, 0.2) is 84.0 Å². The molecule has 1 heterocycles. The maximum absolute atomic E-state index is 13.2. The van der Waals surface area contributed by atoms with E-state index in [2.05, 4.69) is 20.5 Å². The van der Waals surface area contributed by atoms with Gasteiger partial charge in [0.25, 0.3) is 5.69 Å². The van der Waals surface area contributed by atoms with Crippen molar-refractivity contribution in [1.82, 2.24) is 15.2 Å². The smallest absolute Gasteiger partial charge is 0.289 e. The highest BCUT2D eigenvalue weighted by atomic mass is 35.5. The molecule has 0 saturated heterocycles. The first kappa shape index (κ1) is 21.5. The summed E-state index contributed by atoms with van der Waals surface area (Å²) in [6.45, 7) is 0. The third-order valence-electron chi connectivity index (χ3n) is 4.49. The van der Waals surface area contributed by atoms with E-state index in [1.54, 1.807) is 0 Å². The lowest BCUT2D eigenvalue weighted by Crippen LogP contribution is -2.19. The van der Waals surface area contributed by atoms with E-state index in [0.717, 1.165) is 11.1 Å². The maximum Gasteiger partial charge on any atom is 0.289 e. The molecule has 0 saturated carbocycles. The Morgan fingerprint density at radius 3 is 2.44 bits per heavy atom. The molecule has 32 heavy (non-hydrogen) atoms. The Morgan fingerprint density at radius 2 is 1.75 bits per heavy atom. The van der Waals surface area contributed by atoms with E-state index in [0.29, 0.717) is 11.0 Å². The molecular weight excluding hydrogens is 450 g/mol. The second kappa shape index (κ2) is 9.63. The van der Waals surface area contributed by atoms with Gasteiger partial charge in [0, 0.05) is 17.3 Å². The number of amides is 1. The van der Waals surface area contributed by atoms with Gasteiger partial charge in [-0.1, -0.05) is 84.0 Å². The van der Waals surface area contributed by atoms with E-state index >= 15 is 0 Å². The van der Waals surface area contributed by atoms with Crippen LogP contribution in [0.5, 0.6) is 0 Å². The molecule has 4 rings (SSSR count). The number of nitrogens with one attached hydrogen (secondary N) is 2. The SMILES string of the molecule is O=C(Nc1ccc(Cl)c([N+](=O)[O-])c1)[C@H](Sc1n[nH]c(-c2ccccc2)n1)c1ccccc1. The molecule has 0 radical (unpaired) electrons. The van der Waals surface area contributed by atoms with Gasteiger partial charge in [0.2, 0.25) is 11.1 Å². The zero-order valence-electron chi connectivity index (χ0n) is 16.4. The van der Waals surface area contributed by atoms with Crippen LogP contribution in [-0.4, -0.2) is 26.0 Å². The molecule has 8 nitrogen and oxygen atoms in total. The molecule has 0 spiro atoms. The number of anilines is 1. The number of nitro benzene ring substituents is 1. The zero-order valence-corrected chi connectivity index (χ0v) is 18.0. The Balaban J connectivity index is 1.59. The summed E-state index contributed by atoms with van der Waals surface area (Å²) in [5.74, 6) is 0.220. The standard InChI is InChI=1S/C22H16ClN5O3S/c23-17-12-11-16(13-18(17)28(30)31)24-21(29)19(14-7-3-1-4-8-14)32-22-25-20(26-27-22)15-9-5-2-6-10-15/h1-13,19H,(H,24,29)(H,25,26,27)/t19-/m1/s1. The number of carbonyl (C=O) groups excluding carboxylic acids is 1. The van der Waals surface area contributed by atoms with Crippen LogP contribution in [0, 0.1) is 10.1 Å². The van der Waals surface area contributed by atoms with Crippen LogP contribution in [0.1, 0.15) is 10.8 Å². The first-order valence-electron chi connectivity index (χ1n) is 9.45. The predicted molar refractivity (Wildman–Crippen MR) is 124 cm³/mol. The summed E-state index contributed by atoms with van der Waals surface area (Å²) in [5.41, 5.74) is 1.60. The van der Waals surface area contributed by atoms with Crippen molar-refractivity contribution in [3.8, 4) is 11.4 Å². The van der Waals surface area contributed by atoms with Gasteiger partial charge in [-0.05, 0) is 17.7 Å². The first-order valence-corrected chi connectivity index (χ1v) is 10.7. The zero-order chi connectivity index (χ0) is 22.5. The summed E-state index contributed by atoms with van der Waals surface area (Å²) in [5, 5.41) is 20.7. The molecule has 0 unspecified atom stereocenters. The van der Waals surface area contributed by atoms with Crippen LogP contribution in [0.3, 0.4) is 0 Å². The van der Waals surface area contributed by atoms with E-state index in [1.807, 2.05) is 60.7 Å². The van der Waals surface area contributed by atoms with Crippen molar-refractivity contribution < 1.29 is 9.72 Å². The van der Waals surface area contributed by atoms with Gasteiger partial charge in [0.15, 0.2) is 5.82 Å². The van der Waals surface area contributed by atoms with Gasteiger partial charge in [0.1, 0.15) is 10.3 Å². The van der Waals surface area contributed by atoms with Gasteiger partial charge < -0.3 is 5.32 Å². The second-order valence-corrected chi connectivity index (χ2v) is 8.13. The minimum atomic E-state index is -0.689. The highest BCUT2D eigenvalue weighted by molar-refractivity contribution is 8.00. The number of nitrogens with zero attached hydrogens (tertiary/aromatic N) is 3. The average molecular weight is 466 g/mol. The lowest BCUT2D eigenvalue weighted by atomic mass is 10.1. The summed E-state index contributed by atoms with van der Waals surface area (Å²) >= 11 is 7.04. The Morgan fingerprint density at radius 1 is 1.06 bits per heavy atom. The molecule has 10 heteroatoms. The number of aromatic nitrogens is 3. The molecule has 2 N–H and O–H groups in total. The largest absolute Gasteiger partial charge is 0.325 e. The number of hydrogen-bond donors (Lipinski definition) is 2. The van der Waals surface area contributed by atoms with Gasteiger partial charge in [-0.3, -0.25) is 20.0 Å². The topological polar surface area (TPSA) is 114 Å². The summed E-state index contributed by atoms with van der Waals surface area (Å²) in [6, 6.07) is 22.8. The molecule has 0 aliphatic rings. The van der Waals surface area contributed by atoms with Crippen molar-refractivity contribution in [3.63, 3.8) is 0 Å². The number of rotatable bonds is 7. The second-order valence-electron chi connectivity index (χ2n) is 6.65. The number of carbonyl (C=O) groups is 1. The molecule has 3 aromatic carbocycles. The van der Waals surface area contributed by atoms with Gasteiger partial charge in [0.05, 0.1) is 4.92 Å². The van der Waals surface area contributed by atoms with E-state index in [-0.39, 0.29) is 22.3 Å². The van der Waals surface area contributed by atoms with Crippen LogP contribution in [0.25, 0.3) is 11.4 Å². The number of halogens is 1. The maximum atomic E-state index is 13.2. The Kier molecular flexibility index (Phi) is 6.48.